The van der Waals surface area contributed by atoms with Crippen LogP contribution in [0.2, 0.25) is 0 Å². The molecule has 164 valence electrons. The first-order chi connectivity index (χ1) is 15.2. The molecule has 2 aromatic heterocycles. The van der Waals surface area contributed by atoms with E-state index in [1.54, 1.807) is 31.5 Å². The van der Waals surface area contributed by atoms with E-state index in [4.69, 9.17) is 19.2 Å². The fourth-order valence-electron chi connectivity index (χ4n) is 3.66. The Morgan fingerprint density at radius 3 is 2.87 bits per heavy atom. The summed E-state index contributed by atoms with van der Waals surface area (Å²) in [6.07, 6.45) is 3.59. The first kappa shape index (κ1) is 21.3. The molecule has 1 saturated heterocycles. The van der Waals surface area contributed by atoms with Gasteiger partial charge in [0.1, 0.15) is 6.61 Å². The van der Waals surface area contributed by atoms with Gasteiger partial charge < -0.3 is 19.2 Å². The average molecular weight is 427 g/mol. The van der Waals surface area contributed by atoms with Crippen LogP contribution >= 0.6 is 0 Å². The predicted octanol–water partition coefficient (Wildman–Crippen LogP) is 1.90. The SMILES string of the molecule is COCCOc1ncccc1-c1noc([C@@H]2CCCN2Cc2ccc([NH+]([O-])O)cc2)n1. The quantitative estimate of drug-likeness (QED) is 0.389. The Morgan fingerprint density at radius 1 is 1.26 bits per heavy atom. The van der Waals surface area contributed by atoms with Gasteiger partial charge in [-0.25, -0.2) is 10.2 Å². The lowest BCUT2D eigenvalue weighted by Gasteiger charge is -2.21. The second-order valence-electron chi connectivity index (χ2n) is 7.28. The third-order valence-electron chi connectivity index (χ3n) is 5.22. The minimum Gasteiger partial charge on any atom is -0.595 e. The molecule has 1 aromatic carbocycles. The van der Waals surface area contributed by atoms with Crippen LogP contribution in [0.5, 0.6) is 5.88 Å². The lowest BCUT2D eigenvalue weighted by molar-refractivity contribution is -0.991. The minimum atomic E-state index is -0.926. The standard InChI is InChI=1S/C21H25N5O5/c1-29-12-13-30-20-17(4-2-10-22-20)19-23-21(31-24-19)18-5-3-11-25(18)14-15-6-8-16(9-7-15)26(27)28/h2,4,6-10,18,26-27H,3,5,11-14H2,1H3/t18-/m0/s1. The van der Waals surface area contributed by atoms with Gasteiger partial charge in [0.25, 0.3) is 0 Å². The monoisotopic (exact) mass is 427 g/mol. The molecule has 0 spiro atoms. The number of aromatic nitrogens is 3. The molecule has 0 bridgehead atoms. The maximum atomic E-state index is 11.1. The highest BCUT2D eigenvalue weighted by molar-refractivity contribution is 5.60. The highest BCUT2D eigenvalue weighted by Gasteiger charge is 2.31. The van der Waals surface area contributed by atoms with Crippen LogP contribution in [-0.2, 0) is 11.3 Å². The number of ether oxygens (including phenoxy) is 2. The molecule has 1 aliphatic heterocycles. The molecule has 0 aliphatic carbocycles. The summed E-state index contributed by atoms with van der Waals surface area (Å²) in [6.45, 7) is 2.42. The first-order valence-corrected chi connectivity index (χ1v) is 10.1. The molecule has 2 atom stereocenters. The van der Waals surface area contributed by atoms with Crippen LogP contribution in [0.4, 0.5) is 5.69 Å². The highest BCUT2D eigenvalue weighted by Crippen LogP contribution is 2.34. The largest absolute Gasteiger partial charge is 0.595 e. The van der Waals surface area contributed by atoms with Gasteiger partial charge in [0.2, 0.25) is 17.6 Å². The van der Waals surface area contributed by atoms with E-state index in [0.29, 0.717) is 42.9 Å². The molecule has 2 N–H and O–H groups in total. The zero-order chi connectivity index (χ0) is 21.6. The van der Waals surface area contributed by atoms with Crippen molar-refractivity contribution < 1.29 is 24.4 Å². The van der Waals surface area contributed by atoms with Crippen LogP contribution in [0.3, 0.4) is 0 Å². The van der Waals surface area contributed by atoms with E-state index in [0.717, 1.165) is 24.9 Å². The van der Waals surface area contributed by atoms with Crippen molar-refractivity contribution in [2.45, 2.75) is 25.4 Å². The van der Waals surface area contributed by atoms with Gasteiger partial charge in [0, 0.05) is 32.0 Å². The molecule has 1 aliphatic rings. The Bertz CT molecular complexity index is 978. The number of nitrogens with one attached hydrogen (secondary N) is 1. The molecule has 10 nitrogen and oxygen atoms in total. The van der Waals surface area contributed by atoms with Crippen LogP contribution in [0, 0.1) is 5.21 Å². The van der Waals surface area contributed by atoms with Gasteiger partial charge in [0.05, 0.1) is 18.2 Å². The van der Waals surface area contributed by atoms with Crippen LogP contribution in [0.15, 0.2) is 47.1 Å². The second kappa shape index (κ2) is 9.94. The van der Waals surface area contributed by atoms with Crippen molar-refractivity contribution in [2.75, 3.05) is 26.9 Å². The summed E-state index contributed by atoms with van der Waals surface area (Å²) in [5.74, 6) is 1.43. The number of nitrogens with zero attached hydrogens (tertiary/aromatic N) is 4. The summed E-state index contributed by atoms with van der Waals surface area (Å²) in [7, 11) is 1.61. The van der Waals surface area contributed by atoms with Crippen LogP contribution in [-0.4, -0.2) is 52.1 Å². The van der Waals surface area contributed by atoms with Crippen molar-refractivity contribution in [3.05, 3.63) is 59.3 Å². The summed E-state index contributed by atoms with van der Waals surface area (Å²) in [5, 5.41) is 23.4. The van der Waals surface area contributed by atoms with Crippen molar-refractivity contribution in [3.63, 3.8) is 0 Å². The Hall–Kier alpha value is -2.89. The molecule has 0 amide bonds. The third-order valence-corrected chi connectivity index (χ3v) is 5.22. The number of hydrogen-bond donors (Lipinski definition) is 2. The van der Waals surface area contributed by atoms with Crippen LogP contribution in [0.1, 0.15) is 30.3 Å². The van der Waals surface area contributed by atoms with Crippen molar-refractivity contribution in [1.82, 2.24) is 20.0 Å². The molecule has 0 radical (unpaired) electrons. The molecule has 31 heavy (non-hydrogen) atoms. The topological polar surface area (TPSA) is 121 Å². The summed E-state index contributed by atoms with van der Waals surface area (Å²) < 4.78 is 16.3. The Labute approximate surface area is 179 Å². The van der Waals surface area contributed by atoms with E-state index >= 15 is 0 Å². The number of likely N-dealkylation sites (tertiary alicyclic amines) is 1. The second-order valence-corrected chi connectivity index (χ2v) is 7.28. The van der Waals surface area contributed by atoms with Gasteiger partial charge in [0.15, 0.2) is 5.69 Å². The van der Waals surface area contributed by atoms with E-state index in [2.05, 4.69) is 20.0 Å². The smallest absolute Gasteiger partial charge is 0.244 e. The van der Waals surface area contributed by atoms with E-state index in [-0.39, 0.29) is 11.7 Å². The maximum absolute atomic E-state index is 11.1. The average Bonchev–Trinajstić information content (AvgIpc) is 3.44. The molecule has 4 rings (SSSR count). The van der Waals surface area contributed by atoms with E-state index < -0.39 is 5.23 Å². The van der Waals surface area contributed by atoms with Gasteiger partial charge in [-0.15, -0.1) is 0 Å². The van der Waals surface area contributed by atoms with Gasteiger partial charge in [-0.05, 0) is 37.1 Å². The number of methoxy groups -OCH3 is 1. The number of pyridine rings is 1. The fourth-order valence-corrected chi connectivity index (χ4v) is 3.66. The molecule has 0 saturated carbocycles. The summed E-state index contributed by atoms with van der Waals surface area (Å²) in [4.78, 5) is 11.2. The third kappa shape index (κ3) is 5.06. The molecule has 1 unspecified atom stereocenters. The molecule has 10 heteroatoms. The number of benzene rings is 1. The van der Waals surface area contributed by atoms with Crippen LogP contribution in [0.25, 0.3) is 11.4 Å². The lowest BCUT2D eigenvalue weighted by atomic mass is 10.1. The number of hydrogen-bond acceptors (Lipinski definition) is 9. The van der Waals surface area contributed by atoms with Crippen molar-refractivity contribution in [2.24, 2.45) is 0 Å². The molecule has 3 aromatic rings. The normalized spacial score (nSPS) is 17.7. The molecule has 1 fully saturated rings. The summed E-state index contributed by atoms with van der Waals surface area (Å²) >= 11 is 0. The summed E-state index contributed by atoms with van der Waals surface area (Å²) in [5.41, 5.74) is 1.99. The Balaban J connectivity index is 1.48. The molecular weight excluding hydrogens is 402 g/mol. The van der Waals surface area contributed by atoms with Crippen molar-refractivity contribution >= 4 is 5.69 Å². The molecule has 3 heterocycles. The highest BCUT2D eigenvalue weighted by atomic mass is 16.8. The molecular formula is C21H25N5O5. The van der Waals surface area contributed by atoms with Gasteiger partial charge >= 0.3 is 0 Å². The van der Waals surface area contributed by atoms with Gasteiger partial charge in [-0.2, -0.15) is 10.2 Å². The number of rotatable bonds is 9. The van der Waals surface area contributed by atoms with Crippen molar-refractivity contribution in [3.8, 4) is 17.3 Å². The Kier molecular flexibility index (Phi) is 6.85. The lowest BCUT2D eigenvalue weighted by Crippen LogP contribution is -2.99. The van der Waals surface area contributed by atoms with E-state index in [1.807, 2.05) is 18.2 Å². The van der Waals surface area contributed by atoms with Crippen LogP contribution < -0.4 is 9.96 Å². The Morgan fingerprint density at radius 2 is 2.10 bits per heavy atom. The van der Waals surface area contributed by atoms with Gasteiger partial charge in [-0.1, -0.05) is 17.3 Å². The zero-order valence-electron chi connectivity index (χ0n) is 17.2. The van der Waals surface area contributed by atoms with E-state index in [1.165, 1.54) is 0 Å². The first-order valence-electron chi connectivity index (χ1n) is 10.1. The minimum absolute atomic E-state index is 0.00920. The fraction of sp³-hybridized carbons (Fsp3) is 0.381. The van der Waals surface area contributed by atoms with Gasteiger partial charge in [-0.3, -0.25) is 4.90 Å². The van der Waals surface area contributed by atoms with Crippen molar-refractivity contribution in [1.29, 1.82) is 0 Å². The maximum Gasteiger partial charge on any atom is 0.244 e. The zero-order valence-corrected chi connectivity index (χ0v) is 17.2. The number of quaternary nitrogens is 1. The summed E-state index contributed by atoms with van der Waals surface area (Å²) in [6, 6.07) is 10.6. The van der Waals surface area contributed by atoms with E-state index in [9.17, 15) is 5.21 Å². The predicted molar refractivity (Wildman–Crippen MR) is 110 cm³/mol.